The maximum absolute atomic E-state index is 9.75. The molecule has 2 N–H and O–H groups in total. The van der Waals surface area contributed by atoms with Crippen molar-refractivity contribution in [3.05, 3.63) is 61.1 Å². The summed E-state index contributed by atoms with van der Waals surface area (Å²) in [7, 11) is 0. The van der Waals surface area contributed by atoms with E-state index in [1.54, 1.807) is 18.6 Å². The summed E-state index contributed by atoms with van der Waals surface area (Å²) in [6.45, 7) is 1.28. The number of anilines is 3. The Kier molecular flexibility index (Phi) is 4.61. The second-order valence-electron chi connectivity index (χ2n) is 6.04. The third kappa shape index (κ3) is 3.73. The molecule has 1 unspecified atom stereocenters. The van der Waals surface area contributed by atoms with E-state index in [0.717, 1.165) is 24.5 Å². The Hall–Kier alpha value is -3.19. The zero-order valence-corrected chi connectivity index (χ0v) is 14.1. The van der Waals surface area contributed by atoms with E-state index in [1.165, 1.54) is 0 Å². The first kappa shape index (κ1) is 16.3. The highest BCUT2D eigenvalue weighted by atomic mass is 16.5. The molecular formula is C19H19N5O2. The zero-order chi connectivity index (χ0) is 17.8. The van der Waals surface area contributed by atoms with Crippen LogP contribution in [0.4, 0.5) is 17.3 Å². The minimum atomic E-state index is -0.332. The van der Waals surface area contributed by atoms with Crippen LogP contribution in [0, 0.1) is 0 Å². The lowest BCUT2D eigenvalue weighted by atomic mass is 10.3. The molecule has 3 aromatic rings. The molecule has 26 heavy (non-hydrogen) atoms. The number of aromatic nitrogens is 3. The van der Waals surface area contributed by atoms with Gasteiger partial charge in [0.2, 0.25) is 0 Å². The molecule has 2 aromatic heterocycles. The van der Waals surface area contributed by atoms with Crippen LogP contribution in [0.25, 0.3) is 0 Å². The number of nitrogens with zero attached hydrogens (tertiary/aromatic N) is 4. The first-order valence-corrected chi connectivity index (χ1v) is 8.48. The Balaban J connectivity index is 1.48. The van der Waals surface area contributed by atoms with Crippen LogP contribution in [-0.2, 0) is 0 Å². The third-order valence-corrected chi connectivity index (χ3v) is 4.12. The average Bonchev–Trinajstić information content (AvgIpc) is 3.11. The quantitative estimate of drug-likeness (QED) is 0.732. The summed E-state index contributed by atoms with van der Waals surface area (Å²) in [6.07, 6.45) is 5.37. The van der Waals surface area contributed by atoms with Gasteiger partial charge in [0.15, 0.2) is 5.82 Å². The van der Waals surface area contributed by atoms with E-state index >= 15 is 0 Å². The van der Waals surface area contributed by atoms with Gasteiger partial charge in [-0.05, 0) is 42.8 Å². The molecule has 0 spiro atoms. The van der Waals surface area contributed by atoms with Gasteiger partial charge in [-0.25, -0.2) is 15.0 Å². The highest BCUT2D eigenvalue weighted by Crippen LogP contribution is 2.30. The lowest BCUT2D eigenvalue weighted by Gasteiger charge is -2.18. The number of benzene rings is 1. The summed E-state index contributed by atoms with van der Waals surface area (Å²) >= 11 is 0. The van der Waals surface area contributed by atoms with Crippen LogP contribution in [0.2, 0.25) is 0 Å². The molecular weight excluding hydrogens is 330 g/mol. The number of hydrogen-bond acceptors (Lipinski definition) is 7. The predicted molar refractivity (Wildman–Crippen MR) is 98.9 cm³/mol. The van der Waals surface area contributed by atoms with Crippen molar-refractivity contribution in [1.82, 2.24) is 15.0 Å². The number of aliphatic hydroxyl groups is 1. The van der Waals surface area contributed by atoms with Crippen molar-refractivity contribution in [3.8, 4) is 11.6 Å². The molecule has 7 nitrogen and oxygen atoms in total. The van der Waals surface area contributed by atoms with E-state index in [4.69, 9.17) is 4.74 Å². The van der Waals surface area contributed by atoms with Gasteiger partial charge in [0.05, 0.1) is 6.10 Å². The van der Waals surface area contributed by atoms with Gasteiger partial charge in [0.1, 0.15) is 11.6 Å². The molecule has 132 valence electrons. The monoisotopic (exact) mass is 349 g/mol. The van der Waals surface area contributed by atoms with Gasteiger partial charge < -0.3 is 20.1 Å². The normalized spacial score (nSPS) is 16.5. The van der Waals surface area contributed by atoms with Crippen LogP contribution in [0.3, 0.4) is 0 Å². The van der Waals surface area contributed by atoms with E-state index in [-0.39, 0.29) is 6.10 Å². The molecule has 0 saturated carbocycles. The van der Waals surface area contributed by atoms with E-state index in [2.05, 4.69) is 20.3 Å². The maximum atomic E-state index is 9.75. The fraction of sp³-hybridized carbons (Fsp3) is 0.211. The highest BCUT2D eigenvalue weighted by Gasteiger charge is 2.24. The summed E-state index contributed by atoms with van der Waals surface area (Å²) in [4.78, 5) is 14.9. The van der Waals surface area contributed by atoms with Crippen LogP contribution in [0.5, 0.6) is 11.6 Å². The molecule has 0 aliphatic carbocycles. The van der Waals surface area contributed by atoms with E-state index < -0.39 is 0 Å². The van der Waals surface area contributed by atoms with Crippen LogP contribution >= 0.6 is 0 Å². The number of ether oxygens (including phenoxy) is 1. The summed E-state index contributed by atoms with van der Waals surface area (Å²) in [5.41, 5.74) is 0.915. The lowest BCUT2D eigenvalue weighted by molar-refractivity contribution is 0.198. The number of β-amino-alcohol motifs (C(OH)–C–C–N with tert-alkyl or cyclic N) is 1. The van der Waals surface area contributed by atoms with Gasteiger partial charge in [0.25, 0.3) is 5.88 Å². The molecule has 4 rings (SSSR count). The van der Waals surface area contributed by atoms with Crippen molar-refractivity contribution in [2.45, 2.75) is 12.5 Å². The molecule has 1 atom stereocenters. The molecule has 1 aliphatic heterocycles. The molecule has 7 heteroatoms. The minimum absolute atomic E-state index is 0.332. The summed E-state index contributed by atoms with van der Waals surface area (Å²) < 4.78 is 5.92. The van der Waals surface area contributed by atoms with E-state index in [0.29, 0.717) is 24.0 Å². The number of hydrogen-bond donors (Lipinski definition) is 2. The standard InChI is InChI=1S/C19H19N5O2/c25-15-8-12-24(13-15)18-19(22-11-10-21-18)26-16-6-4-14(5-7-16)23-17-3-1-2-9-20-17/h1-7,9-11,15,25H,8,12-13H2,(H,20,23). The molecule has 0 radical (unpaired) electrons. The number of nitrogens with one attached hydrogen (secondary N) is 1. The molecule has 3 heterocycles. The Morgan fingerprint density at radius 2 is 1.85 bits per heavy atom. The molecule has 1 aromatic carbocycles. The Morgan fingerprint density at radius 3 is 2.58 bits per heavy atom. The van der Waals surface area contributed by atoms with Crippen molar-refractivity contribution < 1.29 is 9.84 Å². The fourth-order valence-corrected chi connectivity index (χ4v) is 2.84. The first-order chi connectivity index (χ1) is 12.8. The van der Waals surface area contributed by atoms with Gasteiger partial charge in [-0.15, -0.1) is 0 Å². The van der Waals surface area contributed by atoms with Gasteiger partial charge >= 0.3 is 0 Å². The lowest BCUT2D eigenvalue weighted by Crippen LogP contribution is -2.23. The molecule has 1 saturated heterocycles. The van der Waals surface area contributed by atoms with Crippen LogP contribution in [-0.4, -0.2) is 39.3 Å². The smallest absolute Gasteiger partial charge is 0.263 e. The summed E-state index contributed by atoms with van der Waals surface area (Å²) in [5.74, 6) is 2.54. The van der Waals surface area contributed by atoms with Crippen molar-refractivity contribution in [1.29, 1.82) is 0 Å². The van der Waals surface area contributed by atoms with Crippen molar-refractivity contribution in [2.24, 2.45) is 0 Å². The van der Waals surface area contributed by atoms with Crippen LogP contribution in [0.15, 0.2) is 61.1 Å². The molecule has 1 aliphatic rings. The van der Waals surface area contributed by atoms with Crippen molar-refractivity contribution in [3.63, 3.8) is 0 Å². The van der Waals surface area contributed by atoms with E-state index in [1.807, 2.05) is 47.4 Å². The number of aliphatic hydroxyl groups excluding tert-OH is 1. The Labute approximate surface area is 151 Å². The molecule has 1 fully saturated rings. The maximum Gasteiger partial charge on any atom is 0.263 e. The second kappa shape index (κ2) is 7.37. The Morgan fingerprint density at radius 1 is 1.00 bits per heavy atom. The number of rotatable bonds is 5. The SMILES string of the molecule is OC1CCN(c2nccnc2Oc2ccc(Nc3ccccn3)cc2)C1. The van der Waals surface area contributed by atoms with Crippen molar-refractivity contribution in [2.75, 3.05) is 23.3 Å². The van der Waals surface area contributed by atoms with Gasteiger partial charge in [-0.1, -0.05) is 6.07 Å². The summed E-state index contributed by atoms with van der Waals surface area (Å²) in [6, 6.07) is 13.3. The summed E-state index contributed by atoms with van der Waals surface area (Å²) in [5, 5.41) is 13.0. The van der Waals surface area contributed by atoms with Crippen LogP contribution in [0.1, 0.15) is 6.42 Å². The average molecular weight is 349 g/mol. The van der Waals surface area contributed by atoms with Crippen LogP contribution < -0.4 is 15.0 Å². The minimum Gasteiger partial charge on any atom is -0.436 e. The molecule has 0 bridgehead atoms. The number of pyridine rings is 1. The van der Waals surface area contributed by atoms with E-state index in [9.17, 15) is 5.11 Å². The highest BCUT2D eigenvalue weighted by molar-refractivity contribution is 5.57. The first-order valence-electron chi connectivity index (χ1n) is 8.48. The van der Waals surface area contributed by atoms with Gasteiger partial charge in [-0.3, -0.25) is 0 Å². The predicted octanol–water partition coefficient (Wildman–Crippen LogP) is 2.98. The fourth-order valence-electron chi connectivity index (χ4n) is 2.84. The van der Waals surface area contributed by atoms with Crippen molar-refractivity contribution >= 4 is 17.3 Å². The zero-order valence-electron chi connectivity index (χ0n) is 14.1. The Bertz CT molecular complexity index is 857. The third-order valence-electron chi connectivity index (χ3n) is 4.12. The largest absolute Gasteiger partial charge is 0.436 e. The topological polar surface area (TPSA) is 83.4 Å². The second-order valence-corrected chi connectivity index (χ2v) is 6.04. The molecule has 0 amide bonds. The van der Waals surface area contributed by atoms with Gasteiger partial charge in [-0.2, -0.15) is 0 Å². The van der Waals surface area contributed by atoms with Gasteiger partial charge in [0, 0.05) is 37.4 Å².